The number of hydrazone groups is 1. The van der Waals surface area contributed by atoms with Gasteiger partial charge in [0, 0.05) is 12.5 Å². The number of benzene rings is 2. The topological polar surface area (TPSA) is 35.9 Å². The van der Waals surface area contributed by atoms with Crippen molar-refractivity contribution in [3.8, 4) is 0 Å². The molecule has 0 saturated heterocycles. The second-order valence-corrected chi connectivity index (χ2v) is 8.49. The predicted octanol–water partition coefficient (Wildman–Crippen LogP) is 4.94. The number of hydrogen-bond acceptors (Lipinski definition) is 3. The molecule has 4 nitrogen and oxygen atoms in total. The van der Waals surface area contributed by atoms with Crippen LogP contribution in [0.15, 0.2) is 59.7 Å². The summed E-state index contributed by atoms with van der Waals surface area (Å²) in [4.78, 5) is 15.5. The maximum absolute atomic E-state index is 13.3. The van der Waals surface area contributed by atoms with Gasteiger partial charge in [-0.25, -0.2) is 5.01 Å². The minimum atomic E-state index is -0.0296. The summed E-state index contributed by atoms with van der Waals surface area (Å²) in [5.41, 5.74) is 4.47. The maximum Gasteiger partial charge on any atom is 0.257 e. The lowest BCUT2D eigenvalue weighted by molar-refractivity contribution is -0.134. The van der Waals surface area contributed by atoms with Gasteiger partial charge in [-0.1, -0.05) is 79.4 Å². The molecular formula is C25H31N3O. The van der Waals surface area contributed by atoms with Gasteiger partial charge in [0.2, 0.25) is 0 Å². The van der Waals surface area contributed by atoms with Crippen molar-refractivity contribution in [1.82, 2.24) is 9.91 Å². The van der Waals surface area contributed by atoms with E-state index in [1.165, 1.54) is 37.7 Å². The molecule has 0 N–H and O–H groups in total. The summed E-state index contributed by atoms with van der Waals surface area (Å²) < 4.78 is 0. The van der Waals surface area contributed by atoms with Gasteiger partial charge in [-0.2, -0.15) is 5.10 Å². The summed E-state index contributed by atoms with van der Waals surface area (Å²) in [5.74, 6) is 0.0922. The summed E-state index contributed by atoms with van der Waals surface area (Å²) in [7, 11) is 2.09. The predicted molar refractivity (Wildman–Crippen MR) is 118 cm³/mol. The summed E-state index contributed by atoms with van der Waals surface area (Å²) in [6.07, 6.45) is 7.02. The van der Waals surface area contributed by atoms with Gasteiger partial charge in [-0.05, 0) is 37.9 Å². The van der Waals surface area contributed by atoms with E-state index in [-0.39, 0.29) is 11.9 Å². The molecule has 0 spiro atoms. The van der Waals surface area contributed by atoms with Crippen LogP contribution in [-0.4, -0.2) is 41.2 Å². The van der Waals surface area contributed by atoms with Crippen molar-refractivity contribution in [2.24, 2.45) is 5.10 Å². The van der Waals surface area contributed by atoms with Crippen molar-refractivity contribution in [1.29, 1.82) is 0 Å². The zero-order valence-electron chi connectivity index (χ0n) is 17.6. The summed E-state index contributed by atoms with van der Waals surface area (Å²) >= 11 is 0. The molecule has 1 fully saturated rings. The molecule has 1 aliphatic heterocycles. The minimum Gasteiger partial charge on any atom is -0.295 e. The monoisotopic (exact) mass is 389 g/mol. The van der Waals surface area contributed by atoms with E-state index in [2.05, 4.69) is 55.3 Å². The van der Waals surface area contributed by atoms with Crippen molar-refractivity contribution >= 4 is 11.6 Å². The second-order valence-electron chi connectivity index (χ2n) is 8.49. The van der Waals surface area contributed by atoms with E-state index in [0.717, 1.165) is 23.3 Å². The average Bonchev–Trinajstić information content (AvgIpc) is 3.21. The highest BCUT2D eigenvalue weighted by Crippen LogP contribution is 2.33. The van der Waals surface area contributed by atoms with Crippen LogP contribution in [0.2, 0.25) is 0 Å². The van der Waals surface area contributed by atoms with E-state index in [1.807, 2.05) is 18.2 Å². The van der Waals surface area contributed by atoms with Crippen LogP contribution >= 0.6 is 0 Å². The molecule has 0 radical (unpaired) electrons. The average molecular weight is 390 g/mol. The number of carbonyl (C=O) groups excluding carboxylic acids is 1. The largest absolute Gasteiger partial charge is 0.295 e. The van der Waals surface area contributed by atoms with Gasteiger partial charge in [0.25, 0.3) is 5.91 Å². The van der Waals surface area contributed by atoms with Crippen LogP contribution < -0.4 is 0 Å². The molecule has 1 amide bonds. The fourth-order valence-electron chi connectivity index (χ4n) is 4.53. The third kappa shape index (κ3) is 4.59. The van der Waals surface area contributed by atoms with E-state index < -0.39 is 0 Å². The fraction of sp³-hybridized carbons (Fsp3) is 0.440. The second kappa shape index (κ2) is 8.91. The fourth-order valence-corrected chi connectivity index (χ4v) is 4.53. The molecule has 1 atom stereocenters. The van der Waals surface area contributed by atoms with Gasteiger partial charge in [-0.3, -0.25) is 9.69 Å². The molecule has 152 valence electrons. The zero-order valence-corrected chi connectivity index (χ0v) is 17.6. The molecule has 0 bridgehead atoms. The number of aryl methyl sites for hydroxylation is 1. The van der Waals surface area contributed by atoms with Crippen LogP contribution in [0.4, 0.5) is 0 Å². The van der Waals surface area contributed by atoms with Crippen LogP contribution in [0.3, 0.4) is 0 Å². The molecule has 29 heavy (non-hydrogen) atoms. The first-order chi connectivity index (χ1) is 14.1. The van der Waals surface area contributed by atoms with Crippen LogP contribution in [0, 0.1) is 6.92 Å². The number of likely N-dealkylation sites (N-methyl/N-ethyl adjacent to an activating group) is 1. The highest BCUT2D eigenvalue weighted by molar-refractivity contribution is 6.03. The maximum atomic E-state index is 13.3. The Balaban J connectivity index is 1.56. The van der Waals surface area contributed by atoms with E-state index >= 15 is 0 Å². The van der Waals surface area contributed by atoms with Gasteiger partial charge < -0.3 is 0 Å². The molecule has 0 unspecified atom stereocenters. The minimum absolute atomic E-state index is 0.0296. The molecule has 2 aliphatic rings. The first-order valence-corrected chi connectivity index (χ1v) is 10.8. The van der Waals surface area contributed by atoms with E-state index in [0.29, 0.717) is 12.6 Å². The van der Waals surface area contributed by atoms with E-state index in [4.69, 9.17) is 5.10 Å². The van der Waals surface area contributed by atoms with Crippen molar-refractivity contribution in [2.45, 2.75) is 57.5 Å². The number of hydrogen-bond donors (Lipinski definition) is 0. The van der Waals surface area contributed by atoms with Crippen molar-refractivity contribution in [3.05, 3.63) is 71.3 Å². The Morgan fingerprint density at radius 3 is 2.41 bits per heavy atom. The van der Waals surface area contributed by atoms with Crippen molar-refractivity contribution in [3.63, 3.8) is 0 Å². The first-order valence-electron chi connectivity index (χ1n) is 10.8. The Labute approximate surface area is 174 Å². The zero-order chi connectivity index (χ0) is 20.2. The van der Waals surface area contributed by atoms with Gasteiger partial charge in [-0.15, -0.1) is 0 Å². The number of carbonyl (C=O) groups is 1. The molecule has 4 heteroatoms. The van der Waals surface area contributed by atoms with Crippen molar-refractivity contribution in [2.75, 3.05) is 13.6 Å². The number of nitrogens with zero attached hydrogens (tertiary/aromatic N) is 3. The van der Waals surface area contributed by atoms with Crippen LogP contribution in [0.1, 0.15) is 61.3 Å². The standard InChI is InChI=1S/C25H31N3O/c1-19-13-15-21(16-14-19)24-17-23(20-9-5-3-6-10-20)26-28(24)25(29)18-27(2)22-11-7-4-8-12-22/h3,5-6,9-10,13-16,22,24H,4,7-8,11-12,17-18H2,1-2H3/t24-/m1/s1. The van der Waals surface area contributed by atoms with Gasteiger partial charge >= 0.3 is 0 Å². The van der Waals surface area contributed by atoms with Gasteiger partial charge in [0.15, 0.2) is 0 Å². The normalized spacial score (nSPS) is 20.2. The molecule has 4 rings (SSSR count). The number of rotatable bonds is 5. The molecule has 2 aromatic carbocycles. The molecule has 1 saturated carbocycles. The van der Waals surface area contributed by atoms with Gasteiger partial charge in [0.05, 0.1) is 18.3 Å². The summed E-state index contributed by atoms with van der Waals surface area (Å²) in [6, 6.07) is 19.2. The van der Waals surface area contributed by atoms with E-state index in [9.17, 15) is 4.79 Å². The Hall–Kier alpha value is -2.46. The lowest BCUT2D eigenvalue weighted by Crippen LogP contribution is -2.41. The van der Waals surface area contributed by atoms with Crippen LogP contribution in [0.25, 0.3) is 0 Å². The Bertz CT molecular complexity index is 853. The summed E-state index contributed by atoms with van der Waals surface area (Å²) in [5, 5.41) is 6.55. The molecule has 2 aromatic rings. The Morgan fingerprint density at radius 1 is 1.03 bits per heavy atom. The lowest BCUT2D eigenvalue weighted by atomic mass is 9.94. The quantitative estimate of drug-likeness (QED) is 0.726. The third-order valence-corrected chi connectivity index (χ3v) is 6.32. The highest BCUT2D eigenvalue weighted by atomic mass is 16.2. The molecular weight excluding hydrogens is 358 g/mol. The van der Waals surface area contributed by atoms with Crippen LogP contribution in [0.5, 0.6) is 0 Å². The Morgan fingerprint density at radius 2 is 1.72 bits per heavy atom. The third-order valence-electron chi connectivity index (χ3n) is 6.32. The Kier molecular flexibility index (Phi) is 6.10. The van der Waals surface area contributed by atoms with Crippen molar-refractivity contribution < 1.29 is 4.79 Å². The lowest BCUT2D eigenvalue weighted by Gasteiger charge is -2.32. The highest BCUT2D eigenvalue weighted by Gasteiger charge is 2.34. The first kappa shape index (κ1) is 19.8. The molecule has 0 aromatic heterocycles. The molecule has 1 heterocycles. The van der Waals surface area contributed by atoms with Crippen LogP contribution in [-0.2, 0) is 4.79 Å². The number of amides is 1. The van der Waals surface area contributed by atoms with Gasteiger partial charge in [0.1, 0.15) is 0 Å². The SMILES string of the molecule is Cc1ccc([C@H]2CC(c3ccccc3)=NN2C(=O)CN(C)C2CCCCC2)cc1. The van der Waals surface area contributed by atoms with E-state index in [1.54, 1.807) is 5.01 Å². The summed E-state index contributed by atoms with van der Waals surface area (Å²) in [6.45, 7) is 2.52. The smallest absolute Gasteiger partial charge is 0.257 e. The molecule has 1 aliphatic carbocycles.